The highest BCUT2D eigenvalue weighted by atomic mass is 32.2. The van der Waals surface area contributed by atoms with Crippen LogP contribution >= 0.6 is 23.1 Å². The molecule has 1 aromatic rings. The first kappa shape index (κ1) is 16.4. The van der Waals surface area contributed by atoms with E-state index in [0.717, 1.165) is 18.6 Å². The Labute approximate surface area is 133 Å². The molecule has 1 aromatic heterocycles. The van der Waals surface area contributed by atoms with Crippen molar-refractivity contribution >= 4 is 35.0 Å². The minimum Gasteiger partial charge on any atom is -0.480 e. The zero-order valence-corrected chi connectivity index (χ0v) is 13.8. The average Bonchev–Trinajstić information content (AvgIpc) is 2.94. The summed E-state index contributed by atoms with van der Waals surface area (Å²) in [6.07, 6.45) is 2.78. The van der Waals surface area contributed by atoms with Gasteiger partial charge < -0.3 is 10.4 Å². The fraction of sp³-hybridized carbons (Fsp3) is 0.600. The molecule has 1 fully saturated rings. The zero-order valence-electron chi connectivity index (χ0n) is 12.1. The predicted molar refractivity (Wildman–Crippen MR) is 86.6 cm³/mol. The molecule has 0 bridgehead atoms. The molecule has 0 radical (unpaired) electrons. The second-order valence-corrected chi connectivity index (χ2v) is 7.71. The summed E-state index contributed by atoms with van der Waals surface area (Å²) in [5.74, 6) is 0.576. The van der Waals surface area contributed by atoms with E-state index in [1.54, 1.807) is 11.3 Å². The van der Waals surface area contributed by atoms with Crippen LogP contribution in [0.25, 0.3) is 0 Å². The van der Waals surface area contributed by atoms with E-state index in [1.165, 1.54) is 16.6 Å². The van der Waals surface area contributed by atoms with Gasteiger partial charge in [0.1, 0.15) is 5.54 Å². The van der Waals surface area contributed by atoms with E-state index in [-0.39, 0.29) is 5.91 Å². The molecule has 0 unspecified atom stereocenters. The number of aliphatic carboxylic acids is 1. The molecule has 4 nitrogen and oxygen atoms in total. The minimum absolute atomic E-state index is 0.173. The van der Waals surface area contributed by atoms with Crippen LogP contribution in [0.3, 0.4) is 0 Å². The number of amides is 1. The van der Waals surface area contributed by atoms with Gasteiger partial charge in [0, 0.05) is 10.6 Å². The molecule has 0 aliphatic heterocycles. The van der Waals surface area contributed by atoms with E-state index < -0.39 is 11.5 Å². The Balaban J connectivity index is 1.82. The minimum atomic E-state index is -1.05. The Kier molecular flexibility index (Phi) is 5.70. The molecule has 0 saturated heterocycles. The van der Waals surface area contributed by atoms with Gasteiger partial charge in [0.15, 0.2) is 0 Å². The van der Waals surface area contributed by atoms with Crippen molar-refractivity contribution in [2.75, 3.05) is 5.75 Å². The summed E-state index contributed by atoms with van der Waals surface area (Å²) in [7, 11) is 0. The van der Waals surface area contributed by atoms with E-state index in [2.05, 4.69) is 12.2 Å². The molecular weight excluding hydrogens is 306 g/mol. The van der Waals surface area contributed by atoms with Crippen molar-refractivity contribution in [3.63, 3.8) is 0 Å². The van der Waals surface area contributed by atoms with Crippen LogP contribution in [0.1, 0.15) is 37.5 Å². The quantitative estimate of drug-likeness (QED) is 0.842. The Morgan fingerprint density at radius 2 is 2.19 bits per heavy atom. The lowest BCUT2D eigenvalue weighted by Gasteiger charge is -2.36. The Morgan fingerprint density at radius 1 is 1.48 bits per heavy atom. The highest BCUT2D eigenvalue weighted by Crippen LogP contribution is 2.32. The van der Waals surface area contributed by atoms with Crippen molar-refractivity contribution in [3.8, 4) is 0 Å². The fourth-order valence-electron chi connectivity index (χ4n) is 2.59. The van der Waals surface area contributed by atoms with Crippen LogP contribution in [-0.4, -0.2) is 28.3 Å². The smallest absolute Gasteiger partial charge is 0.329 e. The lowest BCUT2D eigenvalue weighted by atomic mass is 9.77. The lowest BCUT2D eigenvalue weighted by molar-refractivity contribution is -0.149. The van der Waals surface area contributed by atoms with Gasteiger partial charge in [-0.05, 0) is 43.0 Å². The maximum atomic E-state index is 12.0. The standard InChI is InChI=1S/C15H21NO3S2/c1-11-4-6-15(7-5-11,14(18)19)16-13(17)10-20-9-12-3-2-8-21-12/h2-3,8,11H,4-7,9-10H2,1H3,(H,16,17)(H,18,19). The van der Waals surface area contributed by atoms with Crippen LogP contribution in [0, 0.1) is 5.92 Å². The summed E-state index contributed by atoms with van der Waals surface area (Å²) >= 11 is 3.19. The highest BCUT2D eigenvalue weighted by Gasteiger charge is 2.42. The molecule has 2 N–H and O–H groups in total. The Bertz CT molecular complexity index is 479. The SMILES string of the molecule is CC1CCC(NC(=O)CSCc2cccs2)(C(=O)O)CC1. The van der Waals surface area contributed by atoms with Crippen LogP contribution in [0.4, 0.5) is 0 Å². The van der Waals surface area contributed by atoms with Gasteiger partial charge in [-0.2, -0.15) is 0 Å². The lowest BCUT2D eigenvalue weighted by Crippen LogP contribution is -2.56. The van der Waals surface area contributed by atoms with Crippen LogP contribution in [-0.2, 0) is 15.3 Å². The second kappa shape index (κ2) is 7.31. The average molecular weight is 327 g/mol. The van der Waals surface area contributed by atoms with Crippen molar-refractivity contribution in [1.29, 1.82) is 0 Å². The number of nitrogens with one attached hydrogen (secondary N) is 1. The summed E-state index contributed by atoms with van der Waals surface area (Å²) < 4.78 is 0. The topological polar surface area (TPSA) is 66.4 Å². The highest BCUT2D eigenvalue weighted by molar-refractivity contribution is 7.99. The third-order valence-electron chi connectivity index (χ3n) is 3.97. The number of hydrogen-bond acceptors (Lipinski definition) is 4. The van der Waals surface area contributed by atoms with Gasteiger partial charge >= 0.3 is 5.97 Å². The van der Waals surface area contributed by atoms with Gasteiger partial charge in [0.2, 0.25) is 5.91 Å². The molecule has 21 heavy (non-hydrogen) atoms. The first-order chi connectivity index (χ1) is 10.0. The summed E-state index contributed by atoms with van der Waals surface area (Å²) in [6.45, 7) is 2.13. The largest absolute Gasteiger partial charge is 0.480 e. The van der Waals surface area contributed by atoms with E-state index in [9.17, 15) is 14.7 Å². The van der Waals surface area contributed by atoms with E-state index in [0.29, 0.717) is 24.5 Å². The molecule has 0 atom stereocenters. The summed E-state index contributed by atoms with van der Waals surface area (Å²) in [4.78, 5) is 24.8. The summed E-state index contributed by atoms with van der Waals surface area (Å²) in [5.41, 5.74) is -1.05. The molecular formula is C15H21NO3S2. The monoisotopic (exact) mass is 327 g/mol. The van der Waals surface area contributed by atoms with Crippen LogP contribution in [0.15, 0.2) is 17.5 Å². The maximum Gasteiger partial charge on any atom is 0.329 e. The van der Waals surface area contributed by atoms with Crippen molar-refractivity contribution in [3.05, 3.63) is 22.4 Å². The first-order valence-corrected chi connectivity index (χ1v) is 9.20. The van der Waals surface area contributed by atoms with Crippen molar-refractivity contribution in [2.24, 2.45) is 5.92 Å². The van der Waals surface area contributed by atoms with Gasteiger partial charge in [-0.15, -0.1) is 23.1 Å². The predicted octanol–water partition coefficient (Wildman–Crippen LogP) is 3.13. The molecule has 1 heterocycles. The van der Waals surface area contributed by atoms with E-state index >= 15 is 0 Å². The number of carbonyl (C=O) groups is 2. The molecule has 116 valence electrons. The first-order valence-electron chi connectivity index (χ1n) is 7.16. The molecule has 0 aromatic carbocycles. The second-order valence-electron chi connectivity index (χ2n) is 5.69. The molecule has 1 saturated carbocycles. The van der Waals surface area contributed by atoms with Crippen molar-refractivity contribution < 1.29 is 14.7 Å². The van der Waals surface area contributed by atoms with E-state index in [1.807, 2.05) is 17.5 Å². The molecule has 1 amide bonds. The van der Waals surface area contributed by atoms with Crippen LogP contribution in [0.2, 0.25) is 0 Å². The number of thioether (sulfide) groups is 1. The number of carboxylic acid groups (broad SMARTS) is 1. The molecule has 1 aliphatic rings. The summed E-state index contributed by atoms with van der Waals surface area (Å²) in [5, 5.41) is 14.3. The third kappa shape index (κ3) is 4.48. The molecule has 2 rings (SSSR count). The van der Waals surface area contributed by atoms with Gasteiger partial charge in [0.05, 0.1) is 5.75 Å². The number of carbonyl (C=O) groups excluding carboxylic acids is 1. The maximum absolute atomic E-state index is 12.0. The summed E-state index contributed by atoms with van der Waals surface area (Å²) in [6, 6.07) is 4.03. The number of rotatable bonds is 6. The van der Waals surface area contributed by atoms with Crippen molar-refractivity contribution in [2.45, 2.75) is 43.9 Å². The number of thiophene rings is 1. The zero-order chi connectivity index (χ0) is 15.3. The fourth-order valence-corrected chi connectivity index (χ4v) is 4.26. The Hall–Kier alpha value is -1.01. The van der Waals surface area contributed by atoms with Crippen LogP contribution in [0.5, 0.6) is 0 Å². The molecule has 0 spiro atoms. The van der Waals surface area contributed by atoms with Gasteiger partial charge in [-0.1, -0.05) is 13.0 Å². The Morgan fingerprint density at radius 3 is 2.76 bits per heavy atom. The van der Waals surface area contributed by atoms with Gasteiger partial charge in [-0.3, -0.25) is 4.79 Å². The van der Waals surface area contributed by atoms with E-state index in [4.69, 9.17) is 0 Å². The molecule has 6 heteroatoms. The van der Waals surface area contributed by atoms with Gasteiger partial charge in [0.25, 0.3) is 0 Å². The normalized spacial score (nSPS) is 25.5. The molecule has 1 aliphatic carbocycles. The third-order valence-corrected chi connectivity index (χ3v) is 6.01. The van der Waals surface area contributed by atoms with Crippen LogP contribution < -0.4 is 5.32 Å². The number of carboxylic acids is 1. The van der Waals surface area contributed by atoms with Gasteiger partial charge in [-0.25, -0.2) is 4.79 Å². The number of hydrogen-bond donors (Lipinski definition) is 2. The van der Waals surface area contributed by atoms with Crippen molar-refractivity contribution in [1.82, 2.24) is 5.32 Å².